The number of nitrogen functional groups attached to an aromatic ring is 1. The standard InChI is InChI=1S/C14H16BrN5OS/c15-11-2-1-10(22-11)9-19-5-7-20(8-6-19)14(21)12-13(16)18-4-3-17-12/h1-4H,5-9H2,(H2,16,18). The van der Waals surface area contributed by atoms with Crippen molar-refractivity contribution in [3.8, 4) is 0 Å². The number of aromatic nitrogens is 2. The molecule has 0 unspecified atom stereocenters. The van der Waals surface area contributed by atoms with E-state index in [-0.39, 0.29) is 17.4 Å². The summed E-state index contributed by atoms with van der Waals surface area (Å²) in [7, 11) is 0. The van der Waals surface area contributed by atoms with Crippen molar-refractivity contribution in [2.45, 2.75) is 6.54 Å². The van der Waals surface area contributed by atoms with Crippen LogP contribution in [0.2, 0.25) is 0 Å². The Bertz CT molecular complexity index is 669. The number of nitrogens with two attached hydrogens (primary N) is 1. The molecule has 1 amide bonds. The Balaban J connectivity index is 1.57. The summed E-state index contributed by atoms with van der Waals surface area (Å²) in [5.41, 5.74) is 5.97. The number of piperazine rings is 1. The second kappa shape index (κ2) is 6.72. The van der Waals surface area contributed by atoms with E-state index in [1.54, 1.807) is 16.2 Å². The lowest BCUT2D eigenvalue weighted by atomic mass is 10.2. The van der Waals surface area contributed by atoms with E-state index in [9.17, 15) is 4.79 Å². The summed E-state index contributed by atoms with van der Waals surface area (Å²) in [6.45, 7) is 3.98. The quantitative estimate of drug-likeness (QED) is 0.877. The van der Waals surface area contributed by atoms with Crippen molar-refractivity contribution in [2.75, 3.05) is 31.9 Å². The molecular weight excluding hydrogens is 366 g/mol. The molecule has 0 aliphatic carbocycles. The molecule has 0 bridgehead atoms. The van der Waals surface area contributed by atoms with Gasteiger partial charge in [0.05, 0.1) is 3.79 Å². The number of hydrogen-bond acceptors (Lipinski definition) is 6. The van der Waals surface area contributed by atoms with Gasteiger partial charge in [0.15, 0.2) is 11.5 Å². The fourth-order valence-corrected chi connectivity index (χ4v) is 3.96. The smallest absolute Gasteiger partial charge is 0.276 e. The van der Waals surface area contributed by atoms with Crippen LogP contribution in [0.4, 0.5) is 5.82 Å². The van der Waals surface area contributed by atoms with Crippen molar-refractivity contribution >= 4 is 39.0 Å². The molecule has 0 spiro atoms. The normalized spacial score (nSPS) is 16.0. The average molecular weight is 382 g/mol. The topological polar surface area (TPSA) is 75.3 Å². The maximum absolute atomic E-state index is 12.4. The molecule has 2 N–H and O–H groups in total. The fourth-order valence-electron chi connectivity index (χ4n) is 2.43. The van der Waals surface area contributed by atoms with E-state index in [2.05, 4.69) is 42.9 Å². The van der Waals surface area contributed by atoms with Crippen LogP contribution >= 0.6 is 27.3 Å². The minimum absolute atomic E-state index is 0.135. The lowest BCUT2D eigenvalue weighted by Gasteiger charge is -2.34. The van der Waals surface area contributed by atoms with Crippen LogP contribution in [0.15, 0.2) is 28.3 Å². The zero-order valence-corrected chi connectivity index (χ0v) is 14.3. The largest absolute Gasteiger partial charge is 0.382 e. The maximum Gasteiger partial charge on any atom is 0.276 e. The highest BCUT2D eigenvalue weighted by Crippen LogP contribution is 2.23. The minimum atomic E-state index is -0.135. The van der Waals surface area contributed by atoms with Crippen molar-refractivity contribution < 1.29 is 4.79 Å². The zero-order valence-electron chi connectivity index (χ0n) is 11.9. The molecule has 1 aliphatic heterocycles. The van der Waals surface area contributed by atoms with E-state index in [1.807, 2.05) is 0 Å². The molecule has 0 aromatic carbocycles. The lowest BCUT2D eigenvalue weighted by Crippen LogP contribution is -2.48. The first-order chi connectivity index (χ1) is 10.6. The lowest BCUT2D eigenvalue weighted by molar-refractivity contribution is 0.0624. The van der Waals surface area contributed by atoms with Crippen LogP contribution in [-0.4, -0.2) is 51.9 Å². The molecule has 22 heavy (non-hydrogen) atoms. The van der Waals surface area contributed by atoms with Gasteiger partial charge in [0.2, 0.25) is 0 Å². The molecule has 3 rings (SSSR count). The maximum atomic E-state index is 12.4. The van der Waals surface area contributed by atoms with Crippen LogP contribution in [0, 0.1) is 0 Å². The van der Waals surface area contributed by atoms with Gasteiger partial charge >= 0.3 is 0 Å². The van der Waals surface area contributed by atoms with Crippen LogP contribution in [0.3, 0.4) is 0 Å². The third-order valence-electron chi connectivity index (χ3n) is 3.60. The first kappa shape index (κ1) is 15.4. The van der Waals surface area contributed by atoms with E-state index in [0.29, 0.717) is 13.1 Å². The van der Waals surface area contributed by atoms with Gasteiger partial charge in [-0.1, -0.05) is 0 Å². The van der Waals surface area contributed by atoms with Gasteiger partial charge in [-0.25, -0.2) is 9.97 Å². The van der Waals surface area contributed by atoms with Crippen molar-refractivity contribution in [1.29, 1.82) is 0 Å². The summed E-state index contributed by atoms with van der Waals surface area (Å²) in [6.07, 6.45) is 2.98. The molecule has 6 nitrogen and oxygen atoms in total. The van der Waals surface area contributed by atoms with Gasteiger partial charge in [0.1, 0.15) is 0 Å². The SMILES string of the molecule is Nc1nccnc1C(=O)N1CCN(Cc2ccc(Br)s2)CC1. The van der Waals surface area contributed by atoms with Gasteiger partial charge in [-0.2, -0.15) is 0 Å². The highest BCUT2D eigenvalue weighted by molar-refractivity contribution is 9.11. The van der Waals surface area contributed by atoms with Crippen molar-refractivity contribution in [1.82, 2.24) is 19.8 Å². The van der Waals surface area contributed by atoms with Crippen LogP contribution in [0.1, 0.15) is 15.4 Å². The summed E-state index contributed by atoms with van der Waals surface area (Å²) in [4.78, 5) is 25.8. The molecule has 1 fully saturated rings. The third kappa shape index (κ3) is 3.45. The number of thiophene rings is 1. The molecule has 116 valence electrons. The molecule has 0 radical (unpaired) electrons. The third-order valence-corrected chi connectivity index (χ3v) is 5.21. The number of halogens is 1. The van der Waals surface area contributed by atoms with E-state index in [1.165, 1.54) is 17.3 Å². The molecule has 3 heterocycles. The van der Waals surface area contributed by atoms with Crippen molar-refractivity contribution in [3.63, 3.8) is 0 Å². The highest BCUT2D eigenvalue weighted by Gasteiger charge is 2.24. The van der Waals surface area contributed by atoms with E-state index in [0.717, 1.165) is 23.4 Å². The molecule has 2 aromatic rings. The van der Waals surface area contributed by atoms with E-state index < -0.39 is 0 Å². The number of hydrogen-bond donors (Lipinski definition) is 1. The second-order valence-corrected chi connectivity index (χ2v) is 7.61. The Hall–Kier alpha value is -1.51. The molecule has 0 saturated carbocycles. The van der Waals surface area contributed by atoms with Gasteiger partial charge in [-0.3, -0.25) is 9.69 Å². The summed E-state index contributed by atoms with van der Waals surface area (Å²) in [6, 6.07) is 4.20. The molecule has 2 aromatic heterocycles. The van der Waals surface area contributed by atoms with Crippen LogP contribution in [0.25, 0.3) is 0 Å². The number of amides is 1. The number of anilines is 1. The first-order valence-corrected chi connectivity index (χ1v) is 8.57. The highest BCUT2D eigenvalue weighted by atomic mass is 79.9. The predicted octanol–water partition coefficient (Wildman–Crippen LogP) is 1.84. The Morgan fingerprint density at radius 3 is 2.59 bits per heavy atom. The Morgan fingerprint density at radius 1 is 1.23 bits per heavy atom. The van der Waals surface area contributed by atoms with Gasteiger partial charge in [-0.05, 0) is 28.1 Å². The molecule has 1 aliphatic rings. The van der Waals surface area contributed by atoms with Gasteiger partial charge < -0.3 is 10.6 Å². The molecule has 0 atom stereocenters. The van der Waals surface area contributed by atoms with E-state index in [4.69, 9.17) is 5.73 Å². The van der Waals surface area contributed by atoms with Gasteiger partial charge in [-0.15, -0.1) is 11.3 Å². The number of nitrogens with zero attached hydrogens (tertiary/aromatic N) is 4. The van der Waals surface area contributed by atoms with Crippen LogP contribution in [-0.2, 0) is 6.54 Å². The predicted molar refractivity (Wildman–Crippen MR) is 89.6 cm³/mol. The van der Waals surface area contributed by atoms with Gasteiger partial charge in [0, 0.05) is 50.0 Å². The summed E-state index contributed by atoms with van der Waals surface area (Å²) < 4.78 is 1.15. The Morgan fingerprint density at radius 2 is 1.95 bits per heavy atom. The first-order valence-electron chi connectivity index (χ1n) is 6.96. The van der Waals surface area contributed by atoms with Crippen LogP contribution in [0.5, 0.6) is 0 Å². The molecular formula is C14H16BrN5OS. The Labute approximate surface area is 141 Å². The Kier molecular flexibility index (Phi) is 4.70. The van der Waals surface area contributed by atoms with Crippen LogP contribution < -0.4 is 5.73 Å². The second-order valence-electron chi connectivity index (χ2n) is 5.06. The van der Waals surface area contributed by atoms with Crippen molar-refractivity contribution in [2.24, 2.45) is 0 Å². The number of carbonyl (C=O) groups excluding carboxylic acids is 1. The van der Waals surface area contributed by atoms with E-state index >= 15 is 0 Å². The average Bonchev–Trinajstić information content (AvgIpc) is 2.93. The summed E-state index contributed by atoms with van der Waals surface area (Å²) in [5.74, 6) is 0.0579. The summed E-state index contributed by atoms with van der Waals surface area (Å²) >= 11 is 5.23. The van der Waals surface area contributed by atoms with Crippen molar-refractivity contribution in [3.05, 3.63) is 38.9 Å². The fraction of sp³-hybridized carbons (Fsp3) is 0.357. The summed E-state index contributed by atoms with van der Waals surface area (Å²) in [5, 5.41) is 0. The minimum Gasteiger partial charge on any atom is -0.382 e. The molecule has 8 heteroatoms. The number of rotatable bonds is 3. The monoisotopic (exact) mass is 381 g/mol. The number of carbonyl (C=O) groups is 1. The zero-order chi connectivity index (χ0) is 15.5. The van der Waals surface area contributed by atoms with Gasteiger partial charge in [0.25, 0.3) is 5.91 Å². The molecule has 1 saturated heterocycles.